The summed E-state index contributed by atoms with van der Waals surface area (Å²) in [6.07, 6.45) is 3.04. The van der Waals surface area contributed by atoms with E-state index >= 15 is 0 Å². The second kappa shape index (κ2) is 11.6. The molecule has 0 aliphatic carbocycles. The predicted molar refractivity (Wildman–Crippen MR) is 144 cm³/mol. The molecule has 0 radical (unpaired) electrons. The lowest BCUT2D eigenvalue weighted by molar-refractivity contribution is -0.115. The molecule has 0 saturated carbocycles. The van der Waals surface area contributed by atoms with Crippen LogP contribution in [-0.2, 0) is 14.8 Å². The number of sulfonamides is 1. The molecule has 0 spiro atoms. The third-order valence-corrected chi connectivity index (χ3v) is 6.35. The number of hydrogen-bond donors (Lipinski definition) is 3. The van der Waals surface area contributed by atoms with E-state index in [2.05, 4.69) is 15.4 Å². The monoisotopic (exact) mass is 509 g/mol. The van der Waals surface area contributed by atoms with E-state index in [9.17, 15) is 13.2 Å². The molecule has 0 unspecified atom stereocenters. The summed E-state index contributed by atoms with van der Waals surface area (Å²) in [5.74, 6) is 0.368. The largest absolute Gasteiger partial charge is 0.494 e. The number of nitrogens with one attached hydrogen (secondary N) is 3. The highest BCUT2D eigenvalue weighted by Crippen LogP contribution is 2.20. The smallest absolute Gasteiger partial charge is 0.261 e. The first kappa shape index (κ1) is 25.9. The topological polar surface area (TPSA) is 96.5 Å². The molecule has 3 aromatic carbocycles. The van der Waals surface area contributed by atoms with Crippen molar-refractivity contribution >= 4 is 50.7 Å². The van der Waals surface area contributed by atoms with E-state index in [-0.39, 0.29) is 10.0 Å². The van der Waals surface area contributed by atoms with Crippen LogP contribution in [0.4, 0.5) is 11.4 Å². The van der Waals surface area contributed by atoms with E-state index in [0.29, 0.717) is 18.0 Å². The van der Waals surface area contributed by atoms with Crippen LogP contribution in [0, 0.1) is 13.8 Å². The van der Waals surface area contributed by atoms with Crippen molar-refractivity contribution in [2.45, 2.75) is 25.7 Å². The van der Waals surface area contributed by atoms with Crippen LogP contribution in [0.5, 0.6) is 5.75 Å². The molecule has 3 aromatic rings. The van der Waals surface area contributed by atoms with Crippen LogP contribution in [0.2, 0.25) is 0 Å². The zero-order chi connectivity index (χ0) is 25.4. The fourth-order valence-electron chi connectivity index (χ4n) is 3.29. The minimum Gasteiger partial charge on any atom is -0.494 e. The lowest BCUT2D eigenvalue weighted by atomic mass is 10.1. The molecule has 0 atom stereocenters. The van der Waals surface area contributed by atoms with Gasteiger partial charge in [0, 0.05) is 17.5 Å². The first-order valence-corrected chi connectivity index (χ1v) is 12.8. The van der Waals surface area contributed by atoms with Crippen molar-refractivity contribution in [2.75, 3.05) is 16.6 Å². The van der Waals surface area contributed by atoms with Crippen LogP contribution in [0.1, 0.15) is 23.6 Å². The Balaban J connectivity index is 1.55. The first-order chi connectivity index (χ1) is 16.6. The summed E-state index contributed by atoms with van der Waals surface area (Å²) < 4.78 is 33.4. The van der Waals surface area contributed by atoms with Crippen molar-refractivity contribution in [2.24, 2.45) is 0 Å². The molecule has 35 heavy (non-hydrogen) atoms. The standard InChI is InChI=1S/C26H27N3O4S2/c1-4-33-23-10-5-20(6-11-23)7-14-25(30)28-26(34)27-21-8-12-24(13-9-21)35(31,32)29-22-16-18(2)15-19(3)17-22/h5-17,29H,4H2,1-3H3,(H2,27,28,30,34)/b14-7+. The Bertz CT molecular complexity index is 1310. The summed E-state index contributed by atoms with van der Waals surface area (Å²) in [5.41, 5.74) is 3.82. The maximum absolute atomic E-state index is 12.7. The van der Waals surface area contributed by atoms with Gasteiger partial charge in [0.1, 0.15) is 5.75 Å². The SMILES string of the molecule is CCOc1ccc(/C=C/C(=O)NC(=S)Nc2ccc(S(=O)(=O)Nc3cc(C)cc(C)c3)cc2)cc1. The zero-order valence-corrected chi connectivity index (χ0v) is 21.3. The Morgan fingerprint density at radius 1 is 0.943 bits per heavy atom. The number of thiocarbonyl (C=S) groups is 1. The van der Waals surface area contributed by atoms with Gasteiger partial charge in [0.05, 0.1) is 11.5 Å². The van der Waals surface area contributed by atoms with Crippen molar-refractivity contribution in [1.82, 2.24) is 5.32 Å². The second-order valence-corrected chi connectivity index (χ2v) is 9.88. The third-order valence-electron chi connectivity index (χ3n) is 4.75. The molecule has 182 valence electrons. The van der Waals surface area contributed by atoms with Crippen LogP contribution in [0.3, 0.4) is 0 Å². The molecule has 0 aromatic heterocycles. The molecule has 0 heterocycles. The zero-order valence-electron chi connectivity index (χ0n) is 19.7. The van der Waals surface area contributed by atoms with Gasteiger partial charge in [0.2, 0.25) is 5.91 Å². The lowest BCUT2D eigenvalue weighted by Crippen LogP contribution is -2.32. The van der Waals surface area contributed by atoms with Gasteiger partial charge in [0.25, 0.3) is 10.0 Å². The number of rotatable bonds is 8. The van der Waals surface area contributed by atoms with Gasteiger partial charge >= 0.3 is 0 Å². The predicted octanol–water partition coefficient (Wildman–Crippen LogP) is 5.03. The van der Waals surface area contributed by atoms with Crippen molar-refractivity contribution in [3.63, 3.8) is 0 Å². The molecular weight excluding hydrogens is 482 g/mol. The summed E-state index contributed by atoms with van der Waals surface area (Å²) in [6.45, 7) is 6.31. The van der Waals surface area contributed by atoms with Crippen molar-refractivity contribution in [1.29, 1.82) is 0 Å². The number of anilines is 2. The summed E-state index contributed by atoms with van der Waals surface area (Å²) in [4.78, 5) is 12.3. The normalized spacial score (nSPS) is 11.2. The second-order valence-electron chi connectivity index (χ2n) is 7.79. The molecule has 0 bridgehead atoms. The highest BCUT2D eigenvalue weighted by molar-refractivity contribution is 7.92. The third kappa shape index (κ3) is 7.94. The van der Waals surface area contributed by atoms with E-state index in [1.807, 2.05) is 51.1 Å². The Hall–Kier alpha value is -3.69. The van der Waals surface area contributed by atoms with Crippen molar-refractivity contribution in [3.05, 3.63) is 89.5 Å². The highest BCUT2D eigenvalue weighted by Gasteiger charge is 2.14. The van der Waals surface area contributed by atoms with Gasteiger partial charge in [-0.3, -0.25) is 14.8 Å². The molecule has 3 N–H and O–H groups in total. The summed E-state index contributed by atoms with van der Waals surface area (Å²) >= 11 is 5.18. The number of ether oxygens (including phenoxy) is 1. The average Bonchev–Trinajstić information content (AvgIpc) is 2.78. The lowest BCUT2D eigenvalue weighted by Gasteiger charge is -2.11. The van der Waals surface area contributed by atoms with Crippen LogP contribution in [-0.4, -0.2) is 26.0 Å². The van der Waals surface area contributed by atoms with Gasteiger partial charge in [-0.25, -0.2) is 8.42 Å². The molecule has 3 rings (SSSR count). The Labute approximate surface area is 211 Å². The number of carbonyl (C=O) groups is 1. The van der Waals surface area contributed by atoms with Gasteiger partial charge in [-0.05, 0) is 104 Å². The fourth-order valence-corrected chi connectivity index (χ4v) is 4.55. The van der Waals surface area contributed by atoms with Crippen LogP contribution in [0.25, 0.3) is 6.08 Å². The van der Waals surface area contributed by atoms with Gasteiger partial charge < -0.3 is 10.1 Å². The molecular formula is C26H27N3O4S2. The van der Waals surface area contributed by atoms with Gasteiger partial charge in [0.15, 0.2) is 5.11 Å². The van der Waals surface area contributed by atoms with Gasteiger partial charge in [-0.2, -0.15) is 0 Å². The van der Waals surface area contributed by atoms with Crippen LogP contribution < -0.4 is 20.1 Å². The van der Waals surface area contributed by atoms with E-state index in [1.54, 1.807) is 30.3 Å². The highest BCUT2D eigenvalue weighted by atomic mass is 32.2. The Morgan fingerprint density at radius 2 is 1.57 bits per heavy atom. The average molecular weight is 510 g/mol. The minimum atomic E-state index is -3.75. The van der Waals surface area contributed by atoms with Gasteiger partial charge in [-0.1, -0.05) is 18.2 Å². The van der Waals surface area contributed by atoms with Crippen LogP contribution in [0.15, 0.2) is 77.7 Å². The summed E-state index contributed by atoms with van der Waals surface area (Å²) in [5, 5.41) is 5.52. The maximum Gasteiger partial charge on any atom is 0.261 e. The molecule has 9 heteroatoms. The maximum atomic E-state index is 12.7. The first-order valence-electron chi connectivity index (χ1n) is 10.9. The van der Waals surface area contributed by atoms with Crippen molar-refractivity contribution in [3.8, 4) is 5.75 Å². The Kier molecular flexibility index (Phi) is 8.62. The number of carbonyl (C=O) groups excluding carboxylic acids is 1. The molecule has 0 aliphatic heterocycles. The van der Waals surface area contributed by atoms with Gasteiger partial charge in [-0.15, -0.1) is 0 Å². The molecule has 0 fully saturated rings. The quantitative estimate of drug-likeness (QED) is 0.291. The molecule has 0 saturated heterocycles. The van der Waals surface area contributed by atoms with Crippen LogP contribution >= 0.6 is 12.2 Å². The molecule has 0 aliphatic rings. The number of benzene rings is 3. The molecule has 7 nitrogen and oxygen atoms in total. The van der Waals surface area contributed by atoms with E-state index in [1.165, 1.54) is 18.2 Å². The summed E-state index contributed by atoms with van der Waals surface area (Å²) in [6, 6.07) is 18.9. The Morgan fingerprint density at radius 3 is 2.17 bits per heavy atom. The fraction of sp³-hybridized carbons (Fsp3) is 0.154. The minimum absolute atomic E-state index is 0.0929. The van der Waals surface area contributed by atoms with E-state index in [4.69, 9.17) is 17.0 Å². The van der Waals surface area contributed by atoms with E-state index in [0.717, 1.165) is 22.4 Å². The number of hydrogen-bond acceptors (Lipinski definition) is 5. The number of aryl methyl sites for hydroxylation is 2. The summed E-state index contributed by atoms with van der Waals surface area (Å²) in [7, 11) is -3.75. The van der Waals surface area contributed by atoms with E-state index < -0.39 is 15.9 Å². The number of amides is 1. The van der Waals surface area contributed by atoms with Crippen molar-refractivity contribution < 1.29 is 17.9 Å². The molecule has 1 amide bonds.